The Morgan fingerprint density at radius 2 is 1.95 bits per heavy atom. The number of hydrogen-bond donors (Lipinski definition) is 2. The number of aryl methyl sites for hydroxylation is 1. The van der Waals surface area contributed by atoms with Gasteiger partial charge in [0.25, 0.3) is 0 Å². The Bertz CT molecular complexity index is 438. The van der Waals surface area contributed by atoms with Gasteiger partial charge in [-0.1, -0.05) is 18.2 Å². The maximum atomic E-state index is 11.6. The Labute approximate surface area is 125 Å². The molecule has 0 radical (unpaired) electrons. The maximum Gasteiger partial charge on any atom is 0.307 e. The molecule has 6 heteroatoms. The summed E-state index contributed by atoms with van der Waals surface area (Å²) in [6.07, 6.45) is 1.15. The van der Waals surface area contributed by atoms with Crippen molar-refractivity contribution < 1.29 is 14.3 Å². The number of carbonyl (C=O) groups is 2. The normalized spacial score (nSPS) is 9.45. The summed E-state index contributed by atoms with van der Waals surface area (Å²) < 4.78 is 4.76. The van der Waals surface area contributed by atoms with Crippen molar-refractivity contribution >= 4 is 30.0 Å². The van der Waals surface area contributed by atoms with E-state index in [0.29, 0.717) is 31.7 Å². The number of amides is 1. The van der Waals surface area contributed by atoms with E-state index in [1.54, 1.807) is 6.92 Å². The molecule has 0 unspecified atom stereocenters. The molecule has 5 nitrogen and oxygen atoms in total. The Morgan fingerprint density at radius 3 is 2.60 bits per heavy atom. The number of anilines is 1. The first-order valence-corrected chi connectivity index (χ1v) is 6.39. The van der Waals surface area contributed by atoms with Gasteiger partial charge in [-0.05, 0) is 25.0 Å². The molecule has 0 atom stereocenters. The van der Waals surface area contributed by atoms with Crippen LogP contribution < -0.4 is 11.1 Å². The molecule has 0 heterocycles. The average Bonchev–Trinajstić information content (AvgIpc) is 2.38. The van der Waals surface area contributed by atoms with Gasteiger partial charge < -0.3 is 15.8 Å². The monoisotopic (exact) mass is 300 g/mol. The van der Waals surface area contributed by atoms with E-state index in [1.165, 1.54) is 0 Å². The van der Waals surface area contributed by atoms with E-state index < -0.39 is 0 Å². The Balaban J connectivity index is 0.00000361. The molecule has 0 aliphatic carbocycles. The Hall–Kier alpha value is -1.75. The van der Waals surface area contributed by atoms with E-state index in [2.05, 4.69) is 5.32 Å². The van der Waals surface area contributed by atoms with E-state index in [1.807, 2.05) is 24.3 Å². The summed E-state index contributed by atoms with van der Waals surface area (Å²) in [6, 6.07) is 7.47. The minimum atomic E-state index is -0.296. The predicted octanol–water partition coefficient (Wildman–Crippen LogP) is 1.69. The van der Waals surface area contributed by atoms with Crippen LogP contribution in [0.2, 0.25) is 0 Å². The lowest BCUT2D eigenvalue weighted by Gasteiger charge is -2.06. The Morgan fingerprint density at radius 1 is 1.25 bits per heavy atom. The largest absolute Gasteiger partial charge is 0.466 e. The van der Waals surface area contributed by atoms with Gasteiger partial charge in [0.1, 0.15) is 0 Å². The number of nitrogen functional groups attached to an aromatic ring is 1. The van der Waals surface area contributed by atoms with Crippen LogP contribution in [0, 0.1) is 0 Å². The average molecular weight is 301 g/mol. The quantitative estimate of drug-likeness (QED) is 0.593. The van der Waals surface area contributed by atoms with Crippen molar-refractivity contribution in [3.63, 3.8) is 0 Å². The predicted molar refractivity (Wildman–Crippen MR) is 80.7 cm³/mol. The summed E-state index contributed by atoms with van der Waals surface area (Å²) in [6.45, 7) is 2.42. The van der Waals surface area contributed by atoms with E-state index in [4.69, 9.17) is 10.5 Å². The van der Waals surface area contributed by atoms with Gasteiger partial charge in [0.15, 0.2) is 0 Å². The molecule has 1 amide bonds. The fraction of sp³-hybridized carbons (Fsp3) is 0.429. The third kappa shape index (κ3) is 6.99. The van der Waals surface area contributed by atoms with Crippen LogP contribution in [0.25, 0.3) is 0 Å². The highest BCUT2D eigenvalue weighted by Gasteiger charge is 2.06. The molecule has 0 aliphatic heterocycles. The third-order valence-corrected chi connectivity index (χ3v) is 2.63. The van der Waals surface area contributed by atoms with Crippen LogP contribution in [-0.2, 0) is 20.7 Å². The first kappa shape index (κ1) is 18.2. The van der Waals surface area contributed by atoms with Crippen molar-refractivity contribution in [2.75, 3.05) is 18.9 Å². The van der Waals surface area contributed by atoms with Gasteiger partial charge in [-0.3, -0.25) is 9.59 Å². The third-order valence-electron chi connectivity index (χ3n) is 2.63. The molecular weight excluding hydrogens is 280 g/mol. The molecule has 0 fully saturated rings. The summed E-state index contributed by atoms with van der Waals surface area (Å²) in [7, 11) is 0. The zero-order chi connectivity index (χ0) is 14.1. The van der Waals surface area contributed by atoms with Crippen LogP contribution in [0.15, 0.2) is 24.3 Å². The van der Waals surface area contributed by atoms with Crippen LogP contribution >= 0.6 is 12.4 Å². The number of hydrogen-bond acceptors (Lipinski definition) is 4. The lowest BCUT2D eigenvalue weighted by Crippen LogP contribution is -2.26. The van der Waals surface area contributed by atoms with Crippen molar-refractivity contribution in [1.82, 2.24) is 5.32 Å². The number of halogens is 1. The van der Waals surface area contributed by atoms with E-state index in [0.717, 1.165) is 5.56 Å². The first-order valence-electron chi connectivity index (χ1n) is 6.39. The summed E-state index contributed by atoms with van der Waals surface area (Å²) in [4.78, 5) is 22.6. The van der Waals surface area contributed by atoms with Gasteiger partial charge in [-0.25, -0.2) is 0 Å². The van der Waals surface area contributed by atoms with Gasteiger partial charge >= 0.3 is 5.97 Å². The highest BCUT2D eigenvalue weighted by Crippen LogP contribution is 2.12. The number of benzene rings is 1. The Kier molecular flexibility index (Phi) is 9.20. The van der Waals surface area contributed by atoms with Gasteiger partial charge in [0.2, 0.25) is 5.91 Å². The number of nitrogens with two attached hydrogens (primary N) is 1. The lowest BCUT2D eigenvalue weighted by atomic mass is 10.1. The van der Waals surface area contributed by atoms with Crippen LogP contribution in [0.3, 0.4) is 0 Å². The summed E-state index contributed by atoms with van der Waals surface area (Å²) in [5.41, 5.74) is 7.44. The molecular formula is C14H21ClN2O3. The zero-order valence-electron chi connectivity index (χ0n) is 11.6. The van der Waals surface area contributed by atoms with Crippen molar-refractivity contribution in [2.45, 2.75) is 26.2 Å². The van der Waals surface area contributed by atoms with Crippen LogP contribution in [0.1, 0.15) is 25.3 Å². The standard InChI is InChI=1S/C14H20N2O3.ClH/c1-2-19-14(18)9-10-16-13(17)8-7-11-5-3-4-6-12(11)15;/h3-6H,2,7-10,15H2,1H3,(H,16,17);1H. The molecule has 0 spiro atoms. The summed E-state index contributed by atoms with van der Waals surface area (Å²) in [5.74, 6) is -0.386. The van der Waals surface area contributed by atoms with Crippen LogP contribution in [0.4, 0.5) is 5.69 Å². The number of ether oxygens (including phenoxy) is 1. The smallest absolute Gasteiger partial charge is 0.307 e. The highest BCUT2D eigenvalue weighted by molar-refractivity contribution is 5.85. The van der Waals surface area contributed by atoms with E-state index in [-0.39, 0.29) is 30.7 Å². The molecule has 1 aromatic rings. The van der Waals surface area contributed by atoms with Gasteiger partial charge in [-0.15, -0.1) is 12.4 Å². The van der Waals surface area contributed by atoms with Crippen LogP contribution in [-0.4, -0.2) is 25.0 Å². The molecule has 1 aromatic carbocycles. The second kappa shape index (κ2) is 10.1. The molecule has 20 heavy (non-hydrogen) atoms. The summed E-state index contributed by atoms with van der Waals surface area (Å²) in [5, 5.41) is 2.68. The van der Waals surface area contributed by atoms with Crippen molar-refractivity contribution in [1.29, 1.82) is 0 Å². The summed E-state index contributed by atoms with van der Waals surface area (Å²) >= 11 is 0. The number of nitrogens with one attached hydrogen (secondary N) is 1. The zero-order valence-corrected chi connectivity index (χ0v) is 12.4. The van der Waals surface area contributed by atoms with Crippen molar-refractivity contribution in [3.05, 3.63) is 29.8 Å². The minimum absolute atomic E-state index is 0. The molecule has 0 saturated heterocycles. The molecule has 0 aliphatic rings. The van der Waals surface area contributed by atoms with Crippen molar-refractivity contribution in [2.24, 2.45) is 0 Å². The second-order valence-electron chi connectivity index (χ2n) is 4.10. The van der Waals surface area contributed by atoms with E-state index in [9.17, 15) is 9.59 Å². The lowest BCUT2D eigenvalue weighted by molar-refractivity contribution is -0.143. The fourth-order valence-electron chi connectivity index (χ4n) is 1.64. The SMILES string of the molecule is CCOC(=O)CCNC(=O)CCc1ccccc1N.Cl. The van der Waals surface area contributed by atoms with Gasteiger partial charge in [0, 0.05) is 18.7 Å². The maximum absolute atomic E-state index is 11.6. The second-order valence-corrected chi connectivity index (χ2v) is 4.10. The number of carbonyl (C=O) groups excluding carboxylic acids is 2. The molecule has 0 bridgehead atoms. The van der Waals surface area contributed by atoms with Crippen LogP contribution in [0.5, 0.6) is 0 Å². The molecule has 1 rings (SSSR count). The molecule has 3 N–H and O–H groups in total. The van der Waals surface area contributed by atoms with Gasteiger partial charge in [0.05, 0.1) is 13.0 Å². The topological polar surface area (TPSA) is 81.4 Å². The van der Waals surface area contributed by atoms with Crippen molar-refractivity contribution in [3.8, 4) is 0 Å². The van der Waals surface area contributed by atoms with E-state index >= 15 is 0 Å². The van der Waals surface area contributed by atoms with Gasteiger partial charge in [-0.2, -0.15) is 0 Å². The molecule has 112 valence electrons. The number of rotatable bonds is 7. The number of para-hydroxylation sites is 1. The molecule has 0 saturated carbocycles. The minimum Gasteiger partial charge on any atom is -0.466 e. The number of esters is 1. The molecule has 0 aromatic heterocycles. The first-order chi connectivity index (χ1) is 9.13. The highest BCUT2D eigenvalue weighted by atomic mass is 35.5. The fourth-order valence-corrected chi connectivity index (χ4v) is 1.64.